The van der Waals surface area contributed by atoms with Crippen LogP contribution in [0.5, 0.6) is 0 Å². The van der Waals surface area contributed by atoms with Crippen molar-refractivity contribution >= 4 is 0 Å². The molecule has 3 heteroatoms. The number of rotatable bonds is 10. The zero-order valence-electron chi connectivity index (χ0n) is 13.2. The first-order valence-electron chi connectivity index (χ1n) is 7.90. The topological polar surface area (TPSA) is 12.0 Å². The summed E-state index contributed by atoms with van der Waals surface area (Å²) in [5, 5.41) is 3.29. The number of hydrogen-bond donors (Lipinski definition) is 1. The Morgan fingerprint density at radius 2 is 2.00 bits per heavy atom. The number of hydrogen-bond acceptors (Lipinski definition) is 1. The second-order valence-electron chi connectivity index (χ2n) is 5.53. The minimum atomic E-state index is -0.446. The molecule has 0 amide bonds. The van der Waals surface area contributed by atoms with Gasteiger partial charge in [0.15, 0.2) is 0 Å². The summed E-state index contributed by atoms with van der Waals surface area (Å²) in [4.78, 5) is 0. The average molecular weight is 295 g/mol. The Morgan fingerprint density at radius 3 is 2.67 bits per heavy atom. The minimum absolute atomic E-state index is 0.201. The first-order chi connectivity index (χ1) is 10.1. The van der Waals surface area contributed by atoms with Gasteiger partial charge in [-0.3, -0.25) is 0 Å². The maximum Gasteiger partial charge on any atom is 0.133 e. The van der Waals surface area contributed by atoms with Gasteiger partial charge in [-0.2, -0.15) is 0 Å². The molecule has 1 atom stereocenters. The molecule has 1 aromatic carbocycles. The standard InChI is InChI=1S/C18H27F2N/c1-4-6-7-8-9-10-16(21-13-5-2)17-15(19)12-11-14(3)18(17)20/h4,11-12,16,21H,1,5-10,13H2,2-3H3. The van der Waals surface area contributed by atoms with Crippen LogP contribution in [0.2, 0.25) is 0 Å². The maximum absolute atomic E-state index is 14.3. The highest BCUT2D eigenvalue weighted by molar-refractivity contribution is 5.29. The van der Waals surface area contributed by atoms with Gasteiger partial charge >= 0.3 is 0 Å². The molecular weight excluding hydrogens is 268 g/mol. The van der Waals surface area contributed by atoms with Crippen molar-refractivity contribution in [2.45, 2.75) is 58.4 Å². The lowest BCUT2D eigenvalue weighted by molar-refractivity contribution is 0.429. The van der Waals surface area contributed by atoms with E-state index < -0.39 is 11.6 Å². The Bertz CT molecular complexity index is 443. The summed E-state index contributed by atoms with van der Waals surface area (Å²) in [7, 11) is 0. The van der Waals surface area contributed by atoms with Gasteiger partial charge in [0.1, 0.15) is 11.6 Å². The fourth-order valence-corrected chi connectivity index (χ4v) is 2.48. The summed E-state index contributed by atoms with van der Waals surface area (Å²) in [5.41, 5.74) is 0.702. The molecule has 21 heavy (non-hydrogen) atoms. The van der Waals surface area contributed by atoms with Crippen molar-refractivity contribution in [1.29, 1.82) is 0 Å². The number of nitrogens with one attached hydrogen (secondary N) is 1. The zero-order valence-corrected chi connectivity index (χ0v) is 13.2. The molecule has 1 N–H and O–H groups in total. The minimum Gasteiger partial charge on any atom is -0.310 e. The van der Waals surface area contributed by atoms with Gasteiger partial charge in [-0.05, 0) is 50.8 Å². The molecule has 1 aromatic rings. The number of unbranched alkanes of at least 4 members (excludes halogenated alkanes) is 3. The second kappa shape index (κ2) is 9.67. The van der Waals surface area contributed by atoms with Crippen LogP contribution >= 0.6 is 0 Å². The maximum atomic E-state index is 14.3. The number of allylic oxidation sites excluding steroid dienone is 1. The van der Waals surface area contributed by atoms with Crippen LogP contribution in [-0.2, 0) is 0 Å². The zero-order chi connectivity index (χ0) is 15.7. The van der Waals surface area contributed by atoms with E-state index in [9.17, 15) is 8.78 Å². The first-order valence-corrected chi connectivity index (χ1v) is 7.90. The molecule has 0 aliphatic carbocycles. The molecule has 0 bridgehead atoms. The Morgan fingerprint density at radius 1 is 1.24 bits per heavy atom. The second-order valence-corrected chi connectivity index (χ2v) is 5.53. The highest BCUT2D eigenvalue weighted by atomic mass is 19.1. The van der Waals surface area contributed by atoms with E-state index in [1.54, 1.807) is 6.92 Å². The van der Waals surface area contributed by atoms with Gasteiger partial charge in [-0.1, -0.05) is 31.9 Å². The molecule has 118 valence electrons. The monoisotopic (exact) mass is 295 g/mol. The van der Waals surface area contributed by atoms with Gasteiger partial charge in [0.25, 0.3) is 0 Å². The van der Waals surface area contributed by atoms with Crippen LogP contribution in [0.4, 0.5) is 8.78 Å². The highest BCUT2D eigenvalue weighted by Crippen LogP contribution is 2.27. The van der Waals surface area contributed by atoms with Gasteiger partial charge in [0.2, 0.25) is 0 Å². The Hall–Kier alpha value is -1.22. The summed E-state index contributed by atoms with van der Waals surface area (Å²) >= 11 is 0. The van der Waals surface area contributed by atoms with Crippen LogP contribution in [0.25, 0.3) is 0 Å². The lowest BCUT2D eigenvalue weighted by Crippen LogP contribution is -2.24. The Labute approximate surface area is 127 Å². The van der Waals surface area contributed by atoms with Crippen LogP contribution < -0.4 is 5.32 Å². The van der Waals surface area contributed by atoms with Crippen molar-refractivity contribution in [2.24, 2.45) is 0 Å². The molecule has 0 saturated heterocycles. The van der Waals surface area contributed by atoms with Crippen molar-refractivity contribution < 1.29 is 8.78 Å². The van der Waals surface area contributed by atoms with Crippen molar-refractivity contribution in [3.05, 3.63) is 47.5 Å². The lowest BCUT2D eigenvalue weighted by Gasteiger charge is -2.21. The quantitative estimate of drug-likeness (QED) is 0.447. The van der Waals surface area contributed by atoms with Gasteiger partial charge < -0.3 is 5.32 Å². The summed E-state index contributed by atoms with van der Waals surface area (Å²) in [6.07, 6.45) is 7.72. The smallest absolute Gasteiger partial charge is 0.133 e. The van der Waals surface area contributed by atoms with E-state index in [1.165, 1.54) is 12.1 Å². The molecule has 1 nitrogen and oxygen atoms in total. The van der Waals surface area contributed by atoms with Crippen LogP contribution in [0.1, 0.15) is 62.6 Å². The van der Waals surface area contributed by atoms with Crippen molar-refractivity contribution in [2.75, 3.05) is 6.54 Å². The fourth-order valence-electron chi connectivity index (χ4n) is 2.48. The molecule has 0 saturated carbocycles. The summed E-state index contributed by atoms with van der Waals surface area (Å²) in [6.45, 7) is 8.20. The third kappa shape index (κ3) is 5.58. The van der Waals surface area contributed by atoms with E-state index in [-0.39, 0.29) is 11.6 Å². The predicted octanol–water partition coefficient (Wildman–Crippen LogP) is 5.45. The molecule has 0 spiro atoms. The van der Waals surface area contributed by atoms with E-state index in [0.717, 1.165) is 45.1 Å². The van der Waals surface area contributed by atoms with E-state index in [4.69, 9.17) is 0 Å². The van der Waals surface area contributed by atoms with Crippen LogP contribution in [0.15, 0.2) is 24.8 Å². The van der Waals surface area contributed by atoms with Gasteiger partial charge in [-0.25, -0.2) is 8.78 Å². The fraction of sp³-hybridized carbons (Fsp3) is 0.556. The van der Waals surface area contributed by atoms with Crippen molar-refractivity contribution in [1.82, 2.24) is 5.32 Å². The number of benzene rings is 1. The van der Waals surface area contributed by atoms with Crippen LogP contribution in [-0.4, -0.2) is 6.54 Å². The SMILES string of the molecule is C=CCCCCCC(NCCC)c1c(F)ccc(C)c1F. The van der Waals surface area contributed by atoms with Gasteiger partial charge in [0.05, 0.1) is 0 Å². The summed E-state index contributed by atoms with van der Waals surface area (Å²) < 4.78 is 28.3. The van der Waals surface area contributed by atoms with Crippen molar-refractivity contribution in [3.8, 4) is 0 Å². The number of halogens is 2. The molecular formula is C18H27F2N. The third-order valence-electron chi connectivity index (χ3n) is 3.71. The van der Waals surface area contributed by atoms with E-state index >= 15 is 0 Å². The van der Waals surface area contributed by atoms with Crippen LogP contribution in [0.3, 0.4) is 0 Å². The van der Waals surface area contributed by atoms with E-state index in [2.05, 4.69) is 18.8 Å². The third-order valence-corrected chi connectivity index (χ3v) is 3.71. The first kappa shape index (κ1) is 17.8. The van der Waals surface area contributed by atoms with Gasteiger partial charge in [0, 0.05) is 11.6 Å². The molecule has 1 unspecified atom stereocenters. The summed E-state index contributed by atoms with van der Waals surface area (Å²) in [6, 6.07) is 2.62. The Kier molecular flexibility index (Phi) is 8.21. The Balaban J connectivity index is 2.77. The normalized spacial score (nSPS) is 12.4. The molecule has 0 aliphatic heterocycles. The molecule has 0 aliphatic rings. The van der Waals surface area contributed by atoms with E-state index in [0.29, 0.717) is 5.56 Å². The molecule has 0 aromatic heterocycles. The van der Waals surface area contributed by atoms with Crippen molar-refractivity contribution in [3.63, 3.8) is 0 Å². The van der Waals surface area contributed by atoms with Gasteiger partial charge in [-0.15, -0.1) is 6.58 Å². The highest BCUT2D eigenvalue weighted by Gasteiger charge is 2.20. The summed E-state index contributed by atoms with van der Waals surface area (Å²) in [5.74, 6) is -0.854. The predicted molar refractivity (Wildman–Crippen MR) is 85.4 cm³/mol. The lowest BCUT2D eigenvalue weighted by atomic mass is 9.97. The molecule has 0 fully saturated rings. The van der Waals surface area contributed by atoms with E-state index in [1.807, 2.05) is 6.08 Å². The molecule has 0 heterocycles. The van der Waals surface area contributed by atoms with Crippen LogP contribution in [0, 0.1) is 18.6 Å². The molecule has 0 radical (unpaired) electrons. The molecule has 1 rings (SSSR count). The number of aryl methyl sites for hydroxylation is 1. The average Bonchev–Trinajstić information content (AvgIpc) is 2.48. The largest absolute Gasteiger partial charge is 0.310 e.